The highest BCUT2D eigenvalue weighted by molar-refractivity contribution is 6.01. The van der Waals surface area contributed by atoms with Crippen LogP contribution in [0.3, 0.4) is 0 Å². The second-order valence-corrected chi connectivity index (χ2v) is 5.09. The van der Waals surface area contributed by atoms with Crippen LogP contribution < -0.4 is 16.4 Å². The predicted molar refractivity (Wildman–Crippen MR) is 83.1 cm³/mol. The van der Waals surface area contributed by atoms with E-state index in [0.29, 0.717) is 6.42 Å². The van der Waals surface area contributed by atoms with Gasteiger partial charge in [0.25, 0.3) is 0 Å². The molecule has 0 aliphatic heterocycles. The monoisotopic (exact) mass is 299 g/mol. The first-order valence-corrected chi connectivity index (χ1v) is 6.84. The minimum absolute atomic E-state index is 0.417. The molecule has 0 aliphatic rings. The van der Waals surface area contributed by atoms with E-state index in [9.17, 15) is 14.4 Å². The van der Waals surface area contributed by atoms with Gasteiger partial charge in [-0.1, -0.05) is 49.4 Å². The molecule has 2 rings (SSSR count). The molecule has 22 heavy (non-hydrogen) atoms. The molecule has 0 unspecified atom stereocenters. The van der Waals surface area contributed by atoms with Crippen molar-refractivity contribution in [3.63, 3.8) is 0 Å². The molecular formula is C16H17N3O3. The van der Waals surface area contributed by atoms with Crippen molar-refractivity contribution >= 4 is 28.7 Å². The van der Waals surface area contributed by atoms with Crippen LogP contribution in [0.5, 0.6) is 0 Å². The molecule has 0 saturated carbocycles. The normalized spacial score (nSPS) is 11.7. The van der Waals surface area contributed by atoms with E-state index in [1.165, 1.54) is 0 Å². The van der Waals surface area contributed by atoms with E-state index < -0.39 is 23.9 Å². The summed E-state index contributed by atoms with van der Waals surface area (Å²) in [4.78, 5) is 33.6. The van der Waals surface area contributed by atoms with E-state index in [0.717, 1.165) is 16.3 Å². The van der Waals surface area contributed by atoms with Gasteiger partial charge in [0.1, 0.15) is 0 Å². The molecule has 0 aliphatic carbocycles. The van der Waals surface area contributed by atoms with Crippen molar-refractivity contribution in [2.24, 2.45) is 11.7 Å². The quantitative estimate of drug-likeness (QED) is 0.807. The number of benzene rings is 2. The standard InChI is InChI=1S/C16H17N3O3/c1-10(14(20)18-16(22)19-15(17)21)8-11-6-7-12-4-2-3-5-13(12)9-11/h2-7,9-10H,8H2,1H3,(H4,17,18,19,20,21,22)/t10-/m1/s1. The molecule has 2 aromatic rings. The molecule has 0 bridgehead atoms. The summed E-state index contributed by atoms with van der Waals surface area (Å²) in [6, 6.07) is 12.0. The van der Waals surface area contributed by atoms with Crippen molar-refractivity contribution in [2.45, 2.75) is 13.3 Å². The highest BCUT2D eigenvalue weighted by atomic mass is 16.2. The lowest BCUT2D eigenvalue weighted by Gasteiger charge is -2.12. The van der Waals surface area contributed by atoms with Crippen LogP contribution in [0.25, 0.3) is 10.8 Å². The Morgan fingerprint density at radius 1 is 1.05 bits per heavy atom. The maximum atomic E-state index is 11.9. The van der Waals surface area contributed by atoms with Crippen molar-refractivity contribution < 1.29 is 14.4 Å². The first kappa shape index (κ1) is 15.5. The first-order valence-electron chi connectivity index (χ1n) is 6.84. The topological polar surface area (TPSA) is 101 Å². The molecule has 4 N–H and O–H groups in total. The SMILES string of the molecule is C[C@H](Cc1ccc2ccccc2c1)C(=O)NC(=O)NC(N)=O. The summed E-state index contributed by atoms with van der Waals surface area (Å²) in [6.07, 6.45) is 0.487. The van der Waals surface area contributed by atoms with Crippen LogP contribution in [0.2, 0.25) is 0 Å². The molecule has 1 atom stereocenters. The Kier molecular flexibility index (Phi) is 4.73. The van der Waals surface area contributed by atoms with Gasteiger partial charge in [-0.3, -0.25) is 15.4 Å². The first-order chi connectivity index (χ1) is 10.5. The van der Waals surface area contributed by atoms with Gasteiger partial charge in [-0.25, -0.2) is 9.59 Å². The van der Waals surface area contributed by atoms with Gasteiger partial charge in [0.2, 0.25) is 5.91 Å². The highest BCUT2D eigenvalue weighted by Gasteiger charge is 2.17. The molecule has 0 radical (unpaired) electrons. The number of amides is 5. The van der Waals surface area contributed by atoms with E-state index in [-0.39, 0.29) is 0 Å². The van der Waals surface area contributed by atoms with Gasteiger partial charge in [-0.15, -0.1) is 0 Å². The van der Waals surface area contributed by atoms with Gasteiger partial charge in [0.15, 0.2) is 0 Å². The Bertz CT molecular complexity index is 727. The summed E-state index contributed by atoms with van der Waals surface area (Å²) in [5.41, 5.74) is 5.80. The third kappa shape index (κ3) is 4.05. The third-order valence-corrected chi connectivity index (χ3v) is 3.28. The van der Waals surface area contributed by atoms with Crippen molar-refractivity contribution in [1.29, 1.82) is 0 Å². The lowest BCUT2D eigenvalue weighted by molar-refractivity contribution is -0.123. The van der Waals surface area contributed by atoms with Crippen LogP contribution in [0.4, 0.5) is 9.59 Å². The Morgan fingerprint density at radius 2 is 1.73 bits per heavy atom. The molecule has 0 spiro atoms. The number of carbonyl (C=O) groups excluding carboxylic acids is 3. The number of nitrogens with two attached hydrogens (primary N) is 1. The summed E-state index contributed by atoms with van der Waals surface area (Å²) < 4.78 is 0. The number of hydrogen-bond donors (Lipinski definition) is 3. The minimum Gasteiger partial charge on any atom is -0.351 e. The second kappa shape index (κ2) is 6.71. The predicted octanol–water partition coefficient (Wildman–Crippen LogP) is 1.92. The van der Waals surface area contributed by atoms with Gasteiger partial charge < -0.3 is 5.73 Å². The van der Waals surface area contributed by atoms with E-state index in [1.807, 2.05) is 42.5 Å². The number of nitrogens with one attached hydrogen (secondary N) is 2. The number of urea groups is 2. The third-order valence-electron chi connectivity index (χ3n) is 3.28. The lowest BCUT2D eigenvalue weighted by Crippen LogP contribution is -2.46. The molecule has 6 nitrogen and oxygen atoms in total. The molecule has 0 heterocycles. The van der Waals surface area contributed by atoms with Gasteiger partial charge in [0, 0.05) is 5.92 Å². The van der Waals surface area contributed by atoms with E-state index >= 15 is 0 Å². The van der Waals surface area contributed by atoms with Gasteiger partial charge in [0.05, 0.1) is 0 Å². The summed E-state index contributed by atoms with van der Waals surface area (Å²) in [5.74, 6) is -0.883. The summed E-state index contributed by atoms with van der Waals surface area (Å²) >= 11 is 0. The van der Waals surface area contributed by atoms with Crippen LogP contribution in [0.15, 0.2) is 42.5 Å². The number of fused-ring (bicyclic) bond motifs is 1. The van der Waals surface area contributed by atoms with Crippen LogP contribution in [-0.4, -0.2) is 18.0 Å². The van der Waals surface area contributed by atoms with Gasteiger partial charge in [-0.2, -0.15) is 0 Å². The zero-order valence-electron chi connectivity index (χ0n) is 12.1. The molecule has 114 valence electrons. The van der Waals surface area contributed by atoms with Crippen LogP contribution in [-0.2, 0) is 11.2 Å². The van der Waals surface area contributed by atoms with Gasteiger partial charge >= 0.3 is 12.1 Å². The fourth-order valence-corrected chi connectivity index (χ4v) is 2.19. The van der Waals surface area contributed by atoms with E-state index in [1.54, 1.807) is 12.2 Å². The zero-order valence-corrected chi connectivity index (χ0v) is 12.1. The minimum atomic E-state index is -1.01. The summed E-state index contributed by atoms with van der Waals surface area (Å²) in [5, 5.41) is 6.09. The smallest absolute Gasteiger partial charge is 0.329 e. The number of primary amides is 1. The van der Waals surface area contributed by atoms with Crippen LogP contribution >= 0.6 is 0 Å². The molecule has 0 saturated heterocycles. The Hall–Kier alpha value is -2.89. The fourth-order valence-electron chi connectivity index (χ4n) is 2.19. The second-order valence-electron chi connectivity index (χ2n) is 5.09. The molecule has 5 amide bonds. The van der Waals surface area contributed by atoms with Crippen molar-refractivity contribution in [1.82, 2.24) is 10.6 Å². The van der Waals surface area contributed by atoms with Crippen LogP contribution in [0.1, 0.15) is 12.5 Å². The van der Waals surface area contributed by atoms with E-state index in [2.05, 4.69) is 5.32 Å². The Balaban J connectivity index is 2.00. The molecular weight excluding hydrogens is 282 g/mol. The van der Waals surface area contributed by atoms with Crippen molar-refractivity contribution in [3.05, 3.63) is 48.0 Å². The lowest BCUT2D eigenvalue weighted by atomic mass is 9.98. The maximum absolute atomic E-state index is 11.9. The van der Waals surface area contributed by atoms with Crippen LogP contribution in [0, 0.1) is 5.92 Å². The average Bonchev–Trinajstić information content (AvgIpc) is 2.46. The molecule has 0 fully saturated rings. The van der Waals surface area contributed by atoms with Gasteiger partial charge in [-0.05, 0) is 22.8 Å². The van der Waals surface area contributed by atoms with Crippen molar-refractivity contribution in [3.8, 4) is 0 Å². The number of imide groups is 2. The highest BCUT2D eigenvalue weighted by Crippen LogP contribution is 2.18. The summed E-state index contributed by atoms with van der Waals surface area (Å²) in [7, 11) is 0. The largest absolute Gasteiger partial charge is 0.351 e. The molecule has 2 aromatic carbocycles. The van der Waals surface area contributed by atoms with Crippen molar-refractivity contribution in [2.75, 3.05) is 0 Å². The fraction of sp³-hybridized carbons (Fsp3) is 0.188. The van der Waals surface area contributed by atoms with E-state index in [4.69, 9.17) is 5.73 Å². The molecule has 0 aromatic heterocycles. The Morgan fingerprint density at radius 3 is 2.41 bits per heavy atom. The Labute approximate surface area is 127 Å². The average molecular weight is 299 g/mol. The molecule has 6 heteroatoms. The number of carbonyl (C=O) groups is 3. The maximum Gasteiger partial charge on any atom is 0.329 e. The zero-order chi connectivity index (χ0) is 16.1. The number of rotatable bonds is 3. The number of hydrogen-bond acceptors (Lipinski definition) is 3. The summed E-state index contributed by atoms with van der Waals surface area (Å²) in [6.45, 7) is 1.71.